The Hall–Kier alpha value is -2.62. The van der Waals surface area contributed by atoms with E-state index in [9.17, 15) is 9.59 Å². The van der Waals surface area contributed by atoms with Crippen molar-refractivity contribution in [2.75, 3.05) is 13.2 Å². The zero-order chi connectivity index (χ0) is 22.4. The van der Waals surface area contributed by atoms with E-state index in [-0.39, 0.29) is 17.2 Å². The largest absolute Gasteiger partial charge is 0.491 e. The van der Waals surface area contributed by atoms with Gasteiger partial charge in [-0.1, -0.05) is 51.1 Å². The van der Waals surface area contributed by atoms with Gasteiger partial charge in [-0.3, -0.25) is 9.59 Å². The first kappa shape index (κ1) is 21.6. The molecule has 2 aromatic rings. The van der Waals surface area contributed by atoms with E-state index in [0.29, 0.717) is 19.6 Å². The van der Waals surface area contributed by atoms with Crippen LogP contribution in [-0.4, -0.2) is 25.0 Å². The van der Waals surface area contributed by atoms with Crippen LogP contribution in [0.2, 0.25) is 0 Å². The number of aryl methyl sites for hydroxylation is 2. The summed E-state index contributed by atoms with van der Waals surface area (Å²) in [7, 11) is 0. The molecule has 0 N–H and O–H groups in total. The summed E-state index contributed by atoms with van der Waals surface area (Å²) >= 11 is 0. The van der Waals surface area contributed by atoms with Crippen molar-refractivity contribution in [3.05, 3.63) is 52.6 Å². The second-order valence-corrected chi connectivity index (χ2v) is 10.4. The number of fused-ring (bicyclic) bond motifs is 1. The van der Waals surface area contributed by atoms with Crippen LogP contribution in [-0.2, 0) is 16.0 Å². The lowest BCUT2D eigenvalue weighted by Gasteiger charge is -2.22. The van der Waals surface area contributed by atoms with Crippen molar-refractivity contribution in [1.82, 2.24) is 0 Å². The minimum absolute atomic E-state index is 0.0537. The maximum Gasteiger partial charge on any atom is 0.315 e. The molecule has 0 atom stereocenters. The topological polar surface area (TPSA) is 52.6 Å². The summed E-state index contributed by atoms with van der Waals surface area (Å²) in [6, 6.07) is 10.2. The molecular formula is C27H32O4. The van der Waals surface area contributed by atoms with Crippen LogP contribution >= 0.6 is 0 Å². The third kappa shape index (κ3) is 4.39. The fourth-order valence-corrected chi connectivity index (χ4v) is 4.03. The lowest BCUT2D eigenvalue weighted by Crippen LogP contribution is -2.29. The van der Waals surface area contributed by atoms with E-state index in [4.69, 9.17) is 9.47 Å². The van der Waals surface area contributed by atoms with Crippen LogP contribution in [0.25, 0.3) is 11.1 Å². The average Bonchev–Trinajstić information content (AvgIpc) is 3.43. The molecule has 0 unspecified atom stereocenters. The normalized spacial score (nSPS) is 16.7. The molecule has 0 bridgehead atoms. The molecule has 4 heteroatoms. The molecule has 2 aromatic carbocycles. The maximum atomic E-state index is 12.7. The van der Waals surface area contributed by atoms with E-state index in [1.165, 1.54) is 0 Å². The quantitative estimate of drug-likeness (QED) is 0.550. The number of carbonyl (C=O) groups is 2. The number of esters is 1. The second kappa shape index (κ2) is 7.81. The summed E-state index contributed by atoms with van der Waals surface area (Å²) in [6.07, 6.45) is 2.99. The van der Waals surface area contributed by atoms with Gasteiger partial charge in [0.1, 0.15) is 17.8 Å². The molecule has 4 nitrogen and oxygen atoms in total. The summed E-state index contributed by atoms with van der Waals surface area (Å²) in [5, 5.41) is 0. The van der Waals surface area contributed by atoms with E-state index in [0.717, 1.165) is 58.4 Å². The van der Waals surface area contributed by atoms with Crippen molar-refractivity contribution in [2.24, 2.45) is 10.8 Å². The van der Waals surface area contributed by atoms with Gasteiger partial charge < -0.3 is 9.47 Å². The Morgan fingerprint density at radius 1 is 1.03 bits per heavy atom. The predicted molar refractivity (Wildman–Crippen MR) is 122 cm³/mol. The standard InChI is InChI=1S/C27H32O4/c1-17-6-9-22(20-7-10-21-19(14-20)8-11-23(21)28)24(18(17)2)30-16-27(12-13-27)25(29)31-15-26(3,4)5/h6-7,9-10,14H,8,11-13,15-16H2,1-5H3. The minimum Gasteiger partial charge on any atom is -0.491 e. The van der Waals surface area contributed by atoms with Crippen LogP contribution in [0, 0.1) is 24.7 Å². The van der Waals surface area contributed by atoms with Crippen molar-refractivity contribution < 1.29 is 19.1 Å². The van der Waals surface area contributed by atoms with Crippen molar-refractivity contribution in [3.8, 4) is 16.9 Å². The van der Waals surface area contributed by atoms with Gasteiger partial charge in [-0.15, -0.1) is 0 Å². The Morgan fingerprint density at radius 2 is 1.74 bits per heavy atom. The van der Waals surface area contributed by atoms with Crippen LogP contribution in [0.3, 0.4) is 0 Å². The molecule has 2 aliphatic carbocycles. The number of ketones is 1. The first-order valence-electron chi connectivity index (χ1n) is 11.2. The van der Waals surface area contributed by atoms with E-state index < -0.39 is 5.41 Å². The Kier molecular flexibility index (Phi) is 5.45. The summed E-state index contributed by atoms with van der Waals surface area (Å²) < 4.78 is 12.0. The van der Waals surface area contributed by atoms with E-state index >= 15 is 0 Å². The van der Waals surface area contributed by atoms with Crippen LogP contribution in [0.1, 0.15) is 67.1 Å². The molecule has 1 fully saturated rings. The molecule has 0 aliphatic heterocycles. The number of Topliss-reactive ketones (excluding diaryl/α,β-unsaturated/α-hetero) is 1. The molecule has 1 saturated carbocycles. The number of carbonyl (C=O) groups excluding carboxylic acids is 2. The Balaban J connectivity index is 1.57. The molecule has 31 heavy (non-hydrogen) atoms. The molecule has 0 saturated heterocycles. The Bertz CT molecular complexity index is 1040. The molecule has 164 valence electrons. The number of hydrogen-bond donors (Lipinski definition) is 0. The van der Waals surface area contributed by atoms with Crippen LogP contribution in [0.5, 0.6) is 5.75 Å². The number of benzene rings is 2. The Labute approximate surface area is 185 Å². The summed E-state index contributed by atoms with van der Waals surface area (Å²) in [6.45, 7) is 11.0. The van der Waals surface area contributed by atoms with Crippen molar-refractivity contribution in [2.45, 2.75) is 60.3 Å². The van der Waals surface area contributed by atoms with E-state index in [1.807, 2.05) is 12.1 Å². The highest BCUT2D eigenvalue weighted by Gasteiger charge is 2.52. The van der Waals surface area contributed by atoms with Gasteiger partial charge in [0.25, 0.3) is 0 Å². The van der Waals surface area contributed by atoms with Gasteiger partial charge in [0.2, 0.25) is 0 Å². The fourth-order valence-electron chi connectivity index (χ4n) is 4.03. The van der Waals surface area contributed by atoms with E-state index in [2.05, 4.69) is 52.8 Å². The van der Waals surface area contributed by atoms with Crippen LogP contribution < -0.4 is 4.74 Å². The summed E-state index contributed by atoms with van der Waals surface area (Å²) in [5.41, 5.74) is 5.65. The van der Waals surface area contributed by atoms with Gasteiger partial charge in [-0.2, -0.15) is 0 Å². The monoisotopic (exact) mass is 420 g/mol. The highest BCUT2D eigenvalue weighted by Crippen LogP contribution is 2.48. The number of hydrogen-bond acceptors (Lipinski definition) is 4. The molecule has 2 aliphatic rings. The van der Waals surface area contributed by atoms with Crippen LogP contribution in [0.4, 0.5) is 0 Å². The van der Waals surface area contributed by atoms with Gasteiger partial charge in [0, 0.05) is 17.5 Å². The van der Waals surface area contributed by atoms with Gasteiger partial charge in [-0.25, -0.2) is 0 Å². The summed E-state index contributed by atoms with van der Waals surface area (Å²) in [5.74, 6) is 0.895. The minimum atomic E-state index is -0.525. The molecule has 0 heterocycles. The van der Waals surface area contributed by atoms with Crippen LogP contribution in [0.15, 0.2) is 30.3 Å². The van der Waals surface area contributed by atoms with Crippen molar-refractivity contribution >= 4 is 11.8 Å². The average molecular weight is 421 g/mol. The molecule has 0 aromatic heterocycles. The SMILES string of the molecule is Cc1ccc(-c2ccc3c(c2)CCC3=O)c(OCC2(C(=O)OCC(C)(C)C)CC2)c1C. The Morgan fingerprint density at radius 3 is 2.42 bits per heavy atom. The smallest absolute Gasteiger partial charge is 0.315 e. The maximum absolute atomic E-state index is 12.7. The van der Waals surface area contributed by atoms with Gasteiger partial charge in [0.15, 0.2) is 5.78 Å². The van der Waals surface area contributed by atoms with Gasteiger partial charge in [-0.05, 0) is 60.8 Å². The van der Waals surface area contributed by atoms with Gasteiger partial charge >= 0.3 is 5.97 Å². The van der Waals surface area contributed by atoms with Crippen molar-refractivity contribution in [3.63, 3.8) is 0 Å². The zero-order valence-electron chi connectivity index (χ0n) is 19.3. The molecule has 0 amide bonds. The third-order valence-corrected chi connectivity index (χ3v) is 6.43. The second-order valence-electron chi connectivity index (χ2n) is 10.4. The molecule has 4 rings (SSSR count). The zero-order valence-corrected chi connectivity index (χ0v) is 19.3. The highest BCUT2D eigenvalue weighted by molar-refractivity contribution is 6.01. The molecule has 0 radical (unpaired) electrons. The molecular weight excluding hydrogens is 388 g/mol. The lowest BCUT2D eigenvalue weighted by molar-refractivity contribution is -0.154. The fraction of sp³-hybridized carbons (Fsp3) is 0.481. The van der Waals surface area contributed by atoms with Crippen molar-refractivity contribution in [1.29, 1.82) is 0 Å². The van der Waals surface area contributed by atoms with Gasteiger partial charge in [0.05, 0.1) is 6.61 Å². The first-order valence-corrected chi connectivity index (χ1v) is 11.2. The lowest BCUT2D eigenvalue weighted by atomic mass is 9.96. The summed E-state index contributed by atoms with van der Waals surface area (Å²) in [4.78, 5) is 24.7. The first-order chi connectivity index (χ1) is 14.6. The third-order valence-electron chi connectivity index (χ3n) is 6.43. The predicted octanol–water partition coefficient (Wildman–Crippen LogP) is 5.85. The number of ether oxygens (including phenoxy) is 2. The molecule has 0 spiro atoms. The highest BCUT2D eigenvalue weighted by atomic mass is 16.5. The van der Waals surface area contributed by atoms with E-state index in [1.54, 1.807) is 0 Å². The number of rotatable bonds is 6.